The number of nitrogen functional groups attached to an aromatic ring is 1. The molecule has 0 bridgehead atoms. The van der Waals surface area contributed by atoms with Gasteiger partial charge in [0.1, 0.15) is 36.3 Å². The number of carbonyl (C=O) groups excluding carboxylic acids is 3. The minimum Gasteiger partial charge on any atom is -0.483 e. The van der Waals surface area contributed by atoms with Crippen LogP contribution >= 0.6 is 35.2 Å². The van der Waals surface area contributed by atoms with Crippen LogP contribution in [0.3, 0.4) is 0 Å². The van der Waals surface area contributed by atoms with Crippen LogP contribution in [0.1, 0.15) is 39.8 Å². The number of nitrogens with two attached hydrogens (primary N) is 1. The fraction of sp³-hybridized carbons (Fsp3) is 0.640. The third-order valence-corrected chi connectivity index (χ3v) is 11.2. The maximum absolute atomic E-state index is 12.6. The van der Waals surface area contributed by atoms with E-state index < -0.39 is 84.6 Å². The first-order valence-corrected chi connectivity index (χ1v) is 21.1. The summed E-state index contributed by atoms with van der Waals surface area (Å²) in [6.45, 7) is 1.99. The Morgan fingerprint density at radius 1 is 1.09 bits per heavy atom. The van der Waals surface area contributed by atoms with Gasteiger partial charge >= 0.3 is 23.5 Å². The Balaban J connectivity index is 0.00000337. The number of amides is 2. The molecule has 2 aromatic heterocycles. The van der Waals surface area contributed by atoms with Crippen molar-refractivity contribution in [2.75, 3.05) is 37.8 Å². The minimum atomic E-state index is -5.56. The summed E-state index contributed by atoms with van der Waals surface area (Å²) in [6.07, 6.45) is -6.52. The highest BCUT2D eigenvalue weighted by atomic mass is 32.2. The van der Waals surface area contributed by atoms with Gasteiger partial charge in [-0.3, -0.25) is 37.3 Å². The number of carboxylic acid groups (broad SMARTS) is 1. The van der Waals surface area contributed by atoms with Crippen molar-refractivity contribution in [3.63, 3.8) is 0 Å². The molecule has 1 saturated heterocycles. The number of anilines is 1. The summed E-state index contributed by atoms with van der Waals surface area (Å²) < 4.78 is 61.9. The predicted octanol–water partition coefficient (Wildman–Crippen LogP) is -1.22. The number of rotatable bonds is 20. The van der Waals surface area contributed by atoms with E-state index in [9.17, 15) is 57.9 Å². The predicted molar refractivity (Wildman–Crippen MR) is 186 cm³/mol. The van der Waals surface area contributed by atoms with Gasteiger partial charge in [0.05, 0.1) is 19.5 Å². The molecular formula is C25H42N7O19P3S. The summed E-state index contributed by atoms with van der Waals surface area (Å²) in [5, 5.41) is 33.1. The average molecular weight is 870 g/mol. The lowest BCUT2D eigenvalue weighted by Crippen LogP contribution is -2.46. The molecule has 312 valence electrons. The van der Waals surface area contributed by atoms with Crippen molar-refractivity contribution in [3.05, 3.63) is 12.7 Å². The molecule has 0 aliphatic carbocycles. The molecule has 26 nitrogen and oxygen atoms in total. The number of aliphatic hydroxyl groups is 2. The quantitative estimate of drug-likeness (QED) is 0.0423. The smallest absolute Gasteiger partial charge is 0.481 e. The largest absolute Gasteiger partial charge is 0.483 e. The Morgan fingerprint density at radius 3 is 2.35 bits per heavy atom. The molecule has 30 heteroatoms. The van der Waals surface area contributed by atoms with Gasteiger partial charge < -0.3 is 56.0 Å². The van der Waals surface area contributed by atoms with Gasteiger partial charge in [-0.05, 0) is 0 Å². The van der Waals surface area contributed by atoms with Crippen LogP contribution < -0.4 is 16.4 Å². The maximum atomic E-state index is 12.6. The molecule has 0 radical (unpaired) electrons. The van der Waals surface area contributed by atoms with Crippen molar-refractivity contribution in [1.29, 1.82) is 0 Å². The fourth-order valence-corrected chi connectivity index (χ4v) is 7.86. The number of nitrogens with one attached hydrogen (secondary N) is 2. The number of hydrogen-bond donors (Lipinski definition) is 10. The van der Waals surface area contributed by atoms with Crippen LogP contribution in [0.5, 0.6) is 0 Å². The number of aliphatic hydroxyl groups excluding tert-OH is 2. The number of thioether (sulfide) groups is 1. The molecule has 0 saturated carbocycles. The maximum Gasteiger partial charge on any atom is 0.481 e. The van der Waals surface area contributed by atoms with Gasteiger partial charge in [0.2, 0.25) is 11.8 Å². The molecule has 11 N–H and O–H groups in total. The zero-order valence-corrected chi connectivity index (χ0v) is 32.7. The van der Waals surface area contributed by atoms with Gasteiger partial charge in [-0.25, -0.2) is 28.6 Å². The van der Waals surface area contributed by atoms with E-state index in [-0.39, 0.29) is 48.1 Å². The molecule has 55 heavy (non-hydrogen) atoms. The number of hydrogen-bond acceptors (Lipinski definition) is 19. The standard InChI is InChI=1S/C24H40N7O17P3S.CH2O2/c1-4-15(33)52-8-7-26-14(32)5-6-27-22(36)19(35)24(2,3)10-45-51(42,43)48-50(40,41)44-9-13-18(47-49(37,38)39)17(34)23(46-13)31-12-30-16-20(25)28-11-29-21(16)31;2-1-3/h11-13,17-19,23,34-35H,4-10H2,1-3H3,(H,26,32)(H,27,36)(H,40,41)(H,42,43)(H2,25,28,29)(H2,37,38,39);1H,(H,2,3)/t13-,17-,18-,19?,23-;/m1./s1. The van der Waals surface area contributed by atoms with Crippen LogP contribution in [0.2, 0.25) is 0 Å². The van der Waals surface area contributed by atoms with E-state index in [0.717, 1.165) is 29.0 Å². The number of nitrogens with zero attached hydrogens (tertiary/aromatic N) is 4. The molecule has 1 aliphatic heterocycles. The lowest BCUT2D eigenvalue weighted by atomic mass is 9.87. The second-order valence-electron chi connectivity index (χ2n) is 11.7. The van der Waals surface area contributed by atoms with Gasteiger partial charge in [0.15, 0.2) is 22.8 Å². The number of ether oxygens (including phenoxy) is 1. The van der Waals surface area contributed by atoms with Gasteiger partial charge in [0, 0.05) is 37.1 Å². The zero-order chi connectivity index (χ0) is 41.8. The Bertz CT molecular complexity index is 1780. The van der Waals surface area contributed by atoms with Crippen LogP contribution in [0.25, 0.3) is 11.2 Å². The van der Waals surface area contributed by atoms with Crippen molar-refractivity contribution in [1.82, 2.24) is 30.2 Å². The summed E-state index contributed by atoms with van der Waals surface area (Å²) in [4.78, 5) is 94.8. The minimum absolute atomic E-state index is 0.0221. The number of phosphoric acid groups is 3. The number of aromatic nitrogens is 4. The van der Waals surface area contributed by atoms with Gasteiger partial charge in [-0.15, -0.1) is 0 Å². The topological polar surface area (TPSA) is 401 Å². The summed E-state index contributed by atoms with van der Waals surface area (Å²) >= 11 is 1.07. The Labute approximate surface area is 315 Å². The molecule has 7 atom stereocenters. The van der Waals surface area contributed by atoms with E-state index in [1.807, 2.05) is 0 Å². The molecule has 3 unspecified atom stereocenters. The number of carbonyl (C=O) groups is 4. The van der Waals surface area contributed by atoms with E-state index in [4.69, 9.17) is 29.4 Å². The monoisotopic (exact) mass is 869 g/mol. The van der Waals surface area contributed by atoms with Crippen molar-refractivity contribution < 1.29 is 90.4 Å². The third kappa shape index (κ3) is 15.5. The second-order valence-corrected chi connectivity index (χ2v) is 17.1. The van der Waals surface area contributed by atoms with E-state index >= 15 is 0 Å². The van der Waals surface area contributed by atoms with Crippen LogP contribution in [0.15, 0.2) is 12.7 Å². The average Bonchev–Trinajstić information content (AvgIpc) is 3.64. The molecule has 1 aliphatic rings. The van der Waals surface area contributed by atoms with Crippen molar-refractivity contribution in [2.24, 2.45) is 5.41 Å². The first-order valence-electron chi connectivity index (χ1n) is 15.6. The third-order valence-electron chi connectivity index (χ3n) is 7.05. The van der Waals surface area contributed by atoms with Crippen LogP contribution in [-0.4, -0.2) is 134 Å². The number of imidazole rings is 1. The van der Waals surface area contributed by atoms with Gasteiger partial charge in [-0.1, -0.05) is 32.5 Å². The first kappa shape index (κ1) is 48.2. The van der Waals surface area contributed by atoms with E-state index in [2.05, 4.69) is 34.4 Å². The number of fused-ring (bicyclic) bond motifs is 1. The zero-order valence-electron chi connectivity index (χ0n) is 29.2. The highest BCUT2D eigenvalue weighted by molar-refractivity contribution is 8.13. The molecule has 2 aromatic rings. The lowest BCUT2D eigenvalue weighted by Gasteiger charge is -2.30. The Hall–Kier alpha value is -2.97. The highest BCUT2D eigenvalue weighted by Crippen LogP contribution is 2.61. The van der Waals surface area contributed by atoms with Crippen molar-refractivity contribution >= 4 is 75.6 Å². The van der Waals surface area contributed by atoms with Crippen molar-refractivity contribution in [2.45, 2.75) is 64.3 Å². The fourth-order valence-electron chi connectivity index (χ4n) is 4.40. The summed E-state index contributed by atoms with van der Waals surface area (Å²) in [7, 11) is -16.4. The molecule has 0 spiro atoms. The molecule has 2 amide bonds. The highest BCUT2D eigenvalue weighted by Gasteiger charge is 2.50. The molecular weight excluding hydrogens is 827 g/mol. The van der Waals surface area contributed by atoms with Crippen LogP contribution in [-0.2, 0) is 55.5 Å². The van der Waals surface area contributed by atoms with E-state index in [0.29, 0.717) is 12.2 Å². The van der Waals surface area contributed by atoms with Crippen LogP contribution in [0, 0.1) is 5.41 Å². The van der Waals surface area contributed by atoms with Crippen molar-refractivity contribution in [3.8, 4) is 0 Å². The summed E-state index contributed by atoms with van der Waals surface area (Å²) in [6, 6.07) is 0. The SMILES string of the molecule is CCC(=O)SCCNC(=O)CCNC(=O)C(O)C(C)(C)COP(=O)(O)OP(=O)(O)OC[C@H]1O[C@@H](n2cnc3c(N)ncnc32)[C@H](O)[C@@H]1OP(=O)(O)O.O=CO. The molecule has 3 rings (SSSR count). The molecule has 1 fully saturated rings. The second kappa shape index (κ2) is 21.0. The van der Waals surface area contributed by atoms with Gasteiger partial charge in [0.25, 0.3) is 6.47 Å². The molecule has 3 heterocycles. The summed E-state index contributed by atoms with van der Waals surface area (Å²) in [5.41, 5.74) is 4.26. The van der Waals surface area contributed by atoms with Gasteiger partial charge in [-0.2, -0.15) is 4.31 Å². The number of phosphoric ester groups is 3. The van der Waals surface area contributed by atoms with E-state index in [1.165, 1.54) is 13.8 Å². The van der Waals surface area contributed by atoms with E-state index in [1.54, 1.807) is 6.92 Å². The molecule has 0 aromatic carbocycles. The first-order chi connectivity index (χ1) is 25.5. The Kier molecular flexibility index (Phi) is 18.4. The summed E-state index contributed by atoms with van der Waals surface area (Å²) in [5.74, 6) is -1.07. The lowest BCUT2D eigenvalue weighted by molar-refractivity contribution is -0.137. The van der Waals surface area contributed by atoms with Crippen LogP contribution in [0.4, 0.5) is 5.82 Å². The normalized spacial score (nSPS) is 21.4. The Morgan fingerprint density at radius 2 is 1.73 bits per heavy atom.